The predicted octanol–water partition coefficient (Wildman–Crippen LogP) is 0.481. The van der Waals surface area contributed by atoms with Crippen molar-refractivity contribution in [2.75, 3.05) is 26.8 Å². The van der Waals surface area contributed by atoms with E-state index < -0.39 is 11.3 Å². The molecule has 0 amide bonds. The summed E-state index contributed by atoms with van der Waals surface area (Å²) >= 11 is -1.78. The van der Waals surface area contributed by atoms with Gasteiger partial charge in [-0.15, -0.1) is 0 Å². The van der Waals surface area contributed by atoms with Crippen LogP contribution >= 0.6 is 0 Å². The lowest BCUT2D eigenvalue weighted by molar-refractivity contribution is 0.121. The van der Waals surface area contributed by atoms with Crippen LogP contribution in [0.5, 0.6) is 0 Å². The predicted molar refractivity (Wildman–Crippen MR) is 46.9 cm³/mol. The molecular formula is C7H15NO3S. The Kier molecular flexibility index (Phi) is 4.14. The summed E-state index contributed by atoms with van der Waals surface area (Å²) in [7, 11) is 1.69. The average molecular weight is 193 g/mol. The summed E-state index contributed by atoms with van der Waals surface area (Å²) in [5, 5.41) is 0. The van der Waals surface area contributed by atoms with E-state index in [0.717, 1.165) is 19.4 Å². The van der Waals surface area contributed by atoms with Crippen LogP contribution in [0, 0.1) is 5.92 Å². The Morgan fingerprint density at radius 3 is 2.58 bits per heavy atom. The first-order chi connectivity index (χ1) is 5.74. The largest absolute Gasteiger partial charge is 0.384 e. The van der Waals surface area contributed by atoms with E-state index in [1.165, 1.54) is 0 Å². The summed E-state index contributed by atoms with van der Waals surface area (Å²) in [4.78, 5) is 0. The summed E-state index contributed by atoms with van der Waals surface area (Å²) in [6.07, 6.45) is 1.92. The SMILES string of the molecule is COCC1CCN(S(=O)O)CC1. The van der Waals surface area contributed by atoms with Crippen LogP contribution in [0.1, 0.15) is 12.8 Å². The fraction of sp³-hybridized carbons (Fsp3) is 1.00. The normalized spacial score (nSPS) is 24.2. The van der Waals surface area contributed by atoms with Crippen LogP contribution in [-0.2, 0) is 16.0 Å². The lowest BCUT2D eigenvalue weighted by atomic mass is 9.99. The van der Waals surface area contributed by atoms with E-state index in [-0.39, 0.29) is 0 Å². The van der Waals surface area contributed by atoms with Gasteiger partial charge in [0.05, 0.1) is 0 Å². The first-order valence-electron chi connectivity index (χ1n) is 4.09. The van der Waals surface area contributed by atoms with Crippen molar-refractivity contribution >= 4 is 11.3 Å². The van der Waals surface area contributed by atoms with Crippen LogP contribution in [0.2, 0.25) is 0 Å². The molecule has 0 aromatic carbocycles. The Morgan fingerprint density at radius 2 is 2.17 bits per heavy atom. The van der Waals surface area contributed by atoms with Crippen molar-refractivity contribution in [3.05, 3.63) is 0 Å². The molecule has 0 aromatic heterocycles. The zero-order valence-corrected chi connectivity index (χ0v) is 8.05. The summed E-state index contributed by atoms with van der Waals surface area (Å²) in [5.74, 6) is 0.565. The molecule has 0 aromatic rings. The summed E-state index contributed by atoms with van der Waals surface area (Å²) in [6.45, 7) is 2.18. The van der Waals surface area contributed by atoms with Crippen LogP contribution in [0.4, 0.5) is 0 Å². The molecule has 1 saturated heterocycles. The highest BCUT2D eigenvalue weighted by molar-refractivity contribution is 7.76. The quantitative estimate of drug-likeness (QED) is 0.663. The maximum absolute atomic E-state index is 10.6. The zero-order valence-electron chi connectivity index (χ0n) is 7.23. The second-order valence-electron chi connectivity index (χ2n) is 3.06. The summed E-state index contributed by atoms with van der Waals surface area (Å²) in [5.41, 5.74) is 0. The third-order valence-electron chi connectivity index (χ3n) is 2.20. The molecule has 72 valence electrons. The lowest BCUT2D eigenvalue weighted by Crippen LogP contribution is -2.35. The standard InChI is InChI=1S/C7H15NO3S/c1-11-6-7-2-4-8(5-3-7)12(9)10/h7H,2-6H2,1H3,(H,9,10). The highest BCUT2D eigenvalue weighted by Crippen LogP contribution is 2.17. The molecule has 12 heavy (non-hydrogen) atoms. The Bertz CT molecular complexity index is 157. The third-order valence-corrected chi connectivity index (χ3v) is 3.00. The third kappa shape index (κ3) is 2.82. The minimum atomic E-state index is -1.78. The van der Waals surface area contributed by atoms with E-state index in [1.807, 2.05) is 0 Å². The Hall–Kier alpha value is 0.0300. The monoisotopic (exact) mass is 193 g/mol. The van der Waals surface area contributed by atoms with Crippen molar-refractivity contribution in [2.45, 2.75) is 12.8 Å². The van der Waals surface area contributed by atoms with Crippen molar-refractivity contribution in [3.8, 4) is 0 Å². The molecule has 1 unspecified atom stereocenters. The smallest absolute Gasteiger partial charge is 0.234 e. The van der Waals surface area contributed by atoms with E-state index in [2.05, 4.69) is 0 Å². The zero-order chi connectivity index (χ0) is 8.97. The van der Waals surface area contributed by atoms with Crippen molar-refractivity contribution in [3.63, 3.8) is 0 Å². The molecule has 1 fully saturated rings. The number of ether oxygens (including phenoxy) is 1. The number of nitrogens with zero attached hydrogens (tertiary/aromatic N) is 1. The van der Waals surface area contributed by atoms with Crippen molar-refractivity contribution in [1.82, 2.24) is 4.31 Å². The number of rotatable bonds is 3. The first kappa shape index (κ1) is 10.1. The van der Waals surface area contributed by atoms with Gasteiger partial charge in [0.1, 0.15) is 0 Å². The average Bonchev–Trinajstić information content (AvgIpc) is 2.06. The van der Waals surface area contributed by atoms with E-state index in [1.54, 1.807) is 11.4 Å². The van der Waals surface area contributed by atoms with Crippen LogP contribution in [0.3, 0.4) is 0 Å². The van der Waals surface area contributed by atoms with Crippen molar-refractivity contribution in [1.29, 1.82) is 0 Å². The maximum Gasteiger partial charge on any atom is 0.234 e. The van der Waals surface area contributed by atoms with Gasteiger partial charge in [-0.05, 0) is 18.8 Å². The second kappa shape index (κ2) is 4.91. The second-order valence-corrected chi connectivity index (χ2v) is 4.04. The fourth-order valence-corrected chi connectivity index (χ4v) is 1.99. The molecule has 1 aliphatic heterocycles. The summed E-state index contributed by atoms with van der Waals surface area (Å²) < 4.78 is 26.0. The molecule has 1 N–H and O–H groups in total. The van der Waals surface area contributed by atoms with Crippen molar-refractivity contribution in [2.24, 2.45) is 5.92 Å². The molecule has 4 nitrogen and oxygen atoms in total. The molecule has 1 aliphatic rings. The van der Waals surface area contributed by atoms with Gasteiger partial charge in [0.25, 0.3) is 0 Å². The molecule has 1 rings (SSSR count). The van der Waals surface area contributed by atoms with Gasteiger partial charge in [-0.2, -0.15) is 0 Å². The molecular weight excluding hydrogens is 178 g/mol. The number of hydrogen-bond donors (Lipinski definition) is 1. The van der Waals surface area contributed by atoms with Gasteiger partial charge in [-0.3, -0.25) is 4.55 Å². The van der Waals surface area contributed by atoms with Gasteiger partial charge in [0.2, 0.25) is 11.3 Å². The first-order valence-corrected chi connectivity index (χ1v) is 5.15. The van der Waals surface area contributed by atoms with Gasteiger partial charge >= 0.3 is 0 Å². The molecule has 5 heteroatoms. The van der Waals surface area contributed by atoms with Gasteiger partial charge in [-0.1, -0.05) is 0 Å². The molecule has 0 aliphatic carbocycles. The topological polar surface area (TPSA) is 49.8 Å². The molecule has 0 bridgehead atoms. The molecule has 0 radical (unpaired) electrons. The van der Waals surface area contributed by atoms with Gasteiger partial charge in [0.15, 0.2) is 0 Å². The number of hydrogen-bond acceptors (Lipinski definition) is 2. The van der Waals surface area contributed by atoms with Gasteiger partial charge < -0.3 is 4.74 Å². The molecule has 1 atom stereocenters. The van der Waals surface area contributed by atoms with Crippen LogP contribution in [-0.4, -0.2) is 39.9 Å². The number of methoxy groups -OCH3 is 1. The van der Waals surface area contributed by atoms with Gasteiger partial charge in [0, 0.05) is 26.8 Å². The van der Waals surface area contributed by atoms with E-state index in [0.29, 0.717) is 19.0 Å². The van der Waals surface area contributed by atoms with Crippen LogP contribution < -0.4 is 0 Å². The van der Waals surface area contributed by atoms with E-state index >= 15 is 0 Å². The number of piperidine rings is 1. The molecule has 0 spiro atoms. The minimum Gasteiger partial charge on any atom is -0.384 e. The molecule has 0 saturated carbocycles. The Labute approximate surface area is 75.3 Å². The highest BCUT2D eigenvalue weighted by Gasteiger charge is 2.21. The summed E-state index contributed by atoms with van der Waals surface area (Å²) in [6, 6.07) is 0. The van der Waals surface area contributed by atoms with E-state index in [9.17, 15) is 4.21 Å². The molecule has 1 heterocycles. The van der Waals surface area contributed by atoms with Crippen LogP contribution in [0.25, 0.3) is 0 Å². The van der Waals surface area contributed by atoms with Gasteiger partial charge in [-0.25, -0.2) is 8.51 Å². The highest BCUT2D eigenvalue weighted by atomic mass is 32.2. The Morgan fingerprint density at radius 1 is 1.58 bits per heavy atom. The van der Waals surface area contributed by atoms with Crippen LogP contribution in [0.15, 0.2) is 0 Å². The fourth-order valence-electron chi connectivity index (χ4n) is 1.47. The maximum atomic E-state index is 10.6. The lowest BCUT2D eigenvalue weighted by Gasteiger charge is -2.28. The van der Waals surface area contributed by atoms with E-state index in [4.69, 9.17) is 9.29 Å². The Balaban J connectivity index is 2.25. The minimum absolute atomic E-state index is 0.565. The van der Waals surface area contributed by atoms with Crippen molar-refractivity contribution < 1.29 is 13.5 Å².